The number of hydrogen-bond donors (Lipinski definition) is 1. The Morgan fingerprint density at radius 2 is 2.45 bits per heavy atom. The SMILES string of the molecule is COCC1CCN(B(C)O)C1. The molecule has 0 aromatic carbocycles. The van der Waals surface area contributed by atoms with Crippen LogP contribution in [0, 0.1) is 5.92 Å². The lowest BCUT2D eigenvalue weighted by atomic mass is 9.86. The summed E-state index contributed by atoms with van der Waals surface area (Å²) in [5, 5.41) is 9.22. The van der Waals surface area contributed by atoms with E-state index in [-0.39, 0.29) is 7.05 Å². The van der Waals surface area contributed by atoms with Crippen LogP contribution in [0.4, 0.5) is 0 Å². The molecule has 4 heteroatoms. The minimum Gasteiger partial charge on any atom is -0.437 e. The largest absolute Gasteiger partial charge is 0.437 e. The van der Waals surface area contributed by atoms with E-state index in [2.05, 4.69) is 4.81 Å². The predicted molar refractivity (Wildman–Crippen MR) is 45.4 cm³/mol. The van der Waals surface area contributed by atoms with Gasteiger partial charge in [0, 0.05) is 7.11 Å². The van der Waals surface area contributed by atoms with E-state index in [0.717, 1.165) is 26.1 Å². The van der Waals surface area contributed by atoms with Crippen LogP contribution in [-0.4, -0.2) is 43.7 Å². The average molecular weight is 157 g/mol. The maximum absolute atomic E-state index is 9.22. The second-order valence-electron chi connectivity index (χ2n) is 3.24. The average Bonchev–Trinajstić information content (AvgIpc) is 2.37. The summed E-state index contributed by atoms with van der Waals surface area (Å²) in [5.74, 6) is 0.620. The Morgan fingerprint density at radius 1 is 1.73 bits per heavy atom. The summed E-state index contributed by atoms with van der Waals surface area (Å²) in [6.07, 6.45) is 1.15. The Bertz CT molecular complexity index is 121. The lowest BCUT2D eigenvalue weighted by Crippen LogP contribution is -2.35. The molecule has 0 aliphatic carbocycles. The lowest BCUT2D eigenvalue weighted by molar-refractivity contribution is 0.157. The first kappa shape index (κ1) is 9.04. The Kier molecular flexibility index (Phi) is 3.36. The van der Waals surface area contributed by atoms with Crippen molar-refractivity contribution in [1.82, 2.24) is 4.81 Å². The highest BCUT2D eigenvalue weighted by molar-refractivity contribution is 6.45. The highest BCUT2D eigenvalue weighted by Gasteiger charge is 2.26. The molecule has 0 aromatic heterocycles. The first-order valence-corrected chi connectivity index (χ1v) is 4.15. The van der Waals surface area contributed by atoms with Gasteiger partial charge in [0.1, 0.15) is 0 Å². The number of ether oxygens (including phenoxy) is 1. The predicted octanol–water partition coefficient (Wildman–Crippen LogP) is 0.0650. The molecule has 64 valence electrons. The third kappa shape index (κ3) is 2.47. The second-order valence-corrected chi connectivity index (χ2v) is 3.24. The zero-order valence-corrected chi connectivity index (χ0v) is 7.29. The van der Waals surface area contributed by atoms with Gasteiger partial charge in [-0.05, 0) is 32.3 Å². The minimum absolute atomic E-state index is 0.295. The summed E-state index contributed by atoms with van der Waals surface area (Å²) in [6, 6.07) is 0. The van der Waals surface area contributed by atoms with Crippen molar-refractivity contribution >= 4 is 7.05 Å². The highest BCUT2D eigenvalue weighted by atomic mass is 16.5. The van der Waals surface area contributed by atoms with Crippen LogP contribution < -0.4 is 0 Å². The van der Waals surface area contributed by atoms with Crippen molar-refractivity contribution in [1.29, 1.82) is 0 Å². The van der Waals surface area contributed by atoms with E-state index in [1.807, 2.05) is 6.82 Å². The van der Waals surface area contributed by atoms with Gasteiger partial charge in [0.2, 0.25) is 0 Å². The van der Waals surface area contributed by atoms with E-state index in [1.54, 1.807) is 7.11 Å². The minimum atomic E-state index is -0.295. The third-order valence-corrected chi connectivity index (χ3v) is 2.25. The monoisotopic (exact) mass is 157 g/mol. The van der Waals surface area contributed by atoms with Gasteiger partial charge >= 0.3 is 7.05 Å². The van der Waals surface area contributed by atoms with E-state index in [4.69, 9.17) is 4.74 Å². The van der Waals surface area contributed by atoms with Gasteiger partial charge in [0.25, 0.3) is 0 Å². The number of nitrogens with zero attached hydrogens (tertiary/aromatic N) is 1. The summed E-state index contributed by atoms with van der Waals surface area (Å²) in [7, 11) is 1.43. The Balaban J connectivity index is 2.23. The molecule has 0 bridgehead atoms. The van der Waals surface area contributed by atoms with Crippen molar-refractivity contribution in [2.24, 2.45) is 5.92 Å². The standard InChI is InChI=1S/C7H16BNO2/c1-8(10)9-4-3-7(5-9)6-11-2/h7,10H,3-6H2,1-2H3. The molecule has 0 spiro atoms. The second kappa shape index (κ2) is 4.09. The van der Waals surface area contributed by atoms with E-state index >= 15 is 0 Å². The van der Waals surface area contributed by atoms with Crippen LogP contribution in [0.5, 0.6) is 0 Å². The van der Waals surface area contributed by atoms with Crippen molar-refractivity contribution < 1.29 is 9.76 Å². The van der Waals surface area contributed by atoms with Crippen LogP contribution in [0.1, 0.15) is 6.42 Å². The zero-order chi connectivity index (χ0) is 8.27. The van der Waals surface area contributed by atoms with E-state index in [9.17, 15) is 5.02 Å². The van der Waals surface area contributed by atoms with Crippen molar-refractivity contribution in [3.63, 3.8) is 0 Å². The molecule has 0 saturated carbocycles. The summed E-state index contributed by atoms with van der Waals surface area (Å²) in [6.45, 7) is 4.62. The van der Waals surface area contributed by atoms with Crippen LogP contribution >= 0.6 is 0 Å². The quantitative estimate of drug-likeness (QED) is 0.588. The summed E-state index contributed by atoms with van der Waals surface area (Å²) < 4.78 is 5.05. The molecule has 0 radical (unpaired) electrons. The molecule has 1 fully saturated rings. The first-order chi connectivity index (χ1) is 5.24. The molecule has 0 aromatic rings. The molecular formula is C7H16BNO2. The maximum atomic E-state index is 9.22. The van der Waals surface area contributed by atoms with Crippen LogP contribution in [0.3, 0.4) is 0 Å². The van der Waals surface area contributed by atoms with Gasteiger partial charge in [-0.1, -0.05) is 0 Å². The van der Waals surface area contributed by atoms with Crippen molar-refractivity contribution in [2.45, 2.75) is 13.2 Å². The molecule has 0 amide bonds. The van der Waals surface area contributed by atoms with Gasteiger partial charge in [-0.2, -0.15) is 0 Å². The highest BCUT2D eigenvalue weighted by Crippen LogP contribution is 2.16. The first-order valence-electron chi connectivity index (χ1n) is 4.15. The molecule has 1 unspecified atom stereocenters. The molecule has 1 rings (SSSR count). The van der Waals surface area contributed by atoms with Crippen LogP contribution in [0.15, 0.2) is 0 Å². The van der Waals surface area contributed by atoms with Crippen LogP contribution in [0.25, 0.3) is 0 Å². The fourth-order valence-electron chi connectivity index (χ4n) is 1.57. The van der Waals surface area contributed by atoms with E-state index in [0.29, 0.717) is 5.92 Å². The van der Waals surface area contributed by atoms with Gasteiger partial charge in [-0.25, -0.2) is 0 Å². The summed E-state index contributed by atoms with van der Waals surface area (Å²) in [5.41, 5.74) is 0. The summed E-state index contributed by atoms with van der Waals surface area (Å²) >= 11 is 0. The molecule has 1 heterocycles. The van der Waals surface area contributed by atoms with Gasteiger partial charge < -0.3 is 14.6 Å². The Morgan fingerprint density at radius 3 is 2.91 bits per heavy atom. The van der Waals surface area contributed by atoms with Gasteiger partial charge in [0.05, 0.1) is 6.61 Å². The summed E-state index contributed by atoms with van der Waals surface area (Å²) in [4.78, 5) is 2.07. The van der Waals surface area contributed by atoms with Crippen molar-refractivity contribution in [3.05, 3.63) is 0 Å². The molecular weight excluding hydrogens is 141 g/mol. The fraction of sp³-hybridized carbons (Fsp3) is 1.00. The number of rotatable bonds is 3. The van der Waals surface area contributed by atoms with Crippen LogP contribution in [0.2, 0.25) is 6.82 Å². The van der Waals surface area contributed by atoms with Gasteiger partial charge in [0.15, 0.2) is 0 Å². The molecule has 1 saturated heterocycles. The molecule has 1 atom stereocenters. The topological polar surface area (TPSA) is 32.7 Å². The van der Waals surface area contributed by atoms with Gasteiger partial charge in [-0.15, -0.1) is 0 Å². The number of hydrogen-bond acceptors (Lipinski definition) is 3. The fourth-order valence-corrected chi connectivity index (χ4v) is 1.57. The van der Waals surface area contributed by atoms with Gasteiger partial charge in [-0.3, -0.25) is 0 Å². The smallest absolute Gasteiger partial charge is 0.376 e. The van der Waals surface area contributed by atoms with E-state index in [1.165, 1.54) is 0 Å². The molecule has 1 aliphatic rings. The Labute approximate surface area is 68.5 Å². The Hall–Kier alpha value is -0.0551. The number of methoxy groups -OCH3 is 1. The van der Waals surface area contributed by atoms with Crippen LogP contribution in [-0.2, 0) is 4.74 Å². The molecule has 3 nitrogen and oxygen atoms in total. The zero-order valence-electron chi connectivity index (χ0n) is 7.29. The normalized spacial score (nSPS) is 25.9. The van der Waals surface area contributed by atoms with E-state index < -0.39 is 0 Å². The lowest BCUT2D eigenvalue weighted by Gasteiger charge is -2.15. The molecule has 1 N–H and O–H groups in total. The van der Waals surface area contributed by atoms with Crippen molar-refractivity contribution in [3.8, 4) is 0 Å². The molecule has 1 aliphatic heterocycles. The molecule has 11 heavy (non-hydrogen) atoms. The third-order valence-electron chi connectivity index (χ3n) is 2.25. The maximum Gasteiger partial charge on any atom is 0.376 e. The van der Waals surface area contributed by atoms with Crippen molar-refractivity contribution in [2.75, 3.05) is 26.8 Å².